The molecule has 112 valence electrons. The smallest absolute Gasteiger partial charge is 0.225 e. The number of carbonyl (C=O) groups is 2. The highest BCUT2D eigenvalue weighted by atomic mass is 35.5. The van der Waals surface area contributed by atoms with Gasteiger partial charge in [0, 0.05) is 30.6 Å². The highest BCUT2D eigenvalue weighted by molar-refractivity contribution is 6.31. The molecule has 0 spiro atoms. The first kappa shape index (κ1) is 14.4. The molecule has 21 heavy (non-hydrogen) atoms. The maximum absolute atomic E-state index is 12.2. The average Bonchev–Trinajstić information content (AvgIpc) is 2.78. The number of benzene rings is 1. The van der Waals surface area contributed by atoms with E-state index in [0.29, 0.717) is 30.6 Å². The van der Waals surface area contributed by atoms with Crippen molar-refractivity contribution in [3.05, 3.63) is 34.9 Å². The van der Waals surface area contributed by atoms with Gasteiger partial charge in [-0.1, -0.05) is 29.8 Å². The van der Waals surface area contributed by atoms with E-state index >= 15 is 0 Å². The van der Waals surface area contributed by atoms with Crippen molar-refractivity contribution >= 4 is 23.4 Å². The van der Waals surface area contributed by atoms with E-state index in [1.165, 1.54) is 6.42 Å². The fourth-order valence-electron chi connectivity index (χ4n) is 2.93. The SMILES string of the molecule is O=C(NCc1ccccc1Cl)C1CC(=O)N(C2CCC2)C1. The standard InChI is InChI=1S/C16H19ClN2O2/c17-14-7-2-1-4-11(14)9-18-16(21)12-8-15(20)19(10-12)13-5-3-6-13/h1-2,4,7,12-13H,3,5-6,8-10H2,(H,18,21). The van der Waals surface area contributed by atoms with Gasteiger partial charge >= 0.3 is 0 Å². The Labute approximate surface area is 129 Å². The molecule has 4 nitrogen and oxygen atoms in total. The minimum Gasteiger partial charge on any atom is -0.352 e. The van der Waals surface area contributed by atoms with Crippen molar-refractivity contribution in [1.29, 1.82) is 0 Å². The van der Waals surface area contributed by atoms with Crippen molar-refractivity contribution in [3.63, 3.8) is 0 Å². The van der Waals surface area contributed by atoms with E-state index in [-0.39, 0.29) is 17.7 Å². The van der Waals surface area contributed by atoms with Gasteiger partial charge in [-0.15, -0.1) is 0 Å². The predicted octanol–water partition coefficient (Wildman–Crippen LogP) is 2.36. The lowest BCUT2D eigenvalue weighted by Crippen LogP contribution is -2.42. The minimum absolute atomic E-state index is 0.0508. The largest absolute Gasteiger partial charge is 0.352 e. The summed E-state index contributed by atoms with van der Waals surface area (Å²) in [6.07, 6.45) is 3.70. The molecule has 1 saturated carbocycles. The summed E-state index contributed by atoms with van der Waals surface area (Å²) >= 11 is 6.07. The number of halogens is 1. The number of amides is 2. The van der Waals surface area contributed by atoms with Gasteiger partial charge in [-0.05, 0) is 30.9 Å². The first-order valence-electron chi connectivity index (χ1n) is 7.45. The van der Waals surface area contributed by atoms with Crippen LogP contribution in [0.25, 0.3) is 0 Å². The molecule has 1 aliphatic carbocycles. The zero-order valence-corrected chi connectivity index (χ0v) is 12.6. The van der Waals surface area contributed by atoms with Crippen LogP contribution in [0.4, 0.5) is 0 Å². The molecular formula is C16H19ClN2O2. The minimum atomic E-state index is -0.222. The maximum Gasteiger partial charge on any atom is 0.225 e. The summed E-state index contributed by atoms with van der Waals surface area (Å²) in [6, 6.07) is 7.83. The number of nitrogens with one attached hydrogen (secondary N) is 1. The third kappa shape index (κ3) is 3.05. The first-order valence-corrected chi connectivity index (χ1v) is 7.83. The van der Waals surface area contributed by atoms with Crippen LogP contribution in [0.3, 0.4) is 0 Å². The van der Waals surface area contributed by atoms with Gasteiger partial charge < -0.3 is 10.2 Å². The third-order valence-corrected chi connectivity index (χ3v) is 4.82. The van der Waals surface area contributed by atoms with Crippen LogP contribution >= 0.6 is 11.6 Å². The second-order valence-electron chi connectivity index (χ2n) is 5.84. The Morgan fingerprint density at radius 2 is 2.10 bits per heavy atom. The molecule has 2 aliphatic rings. The van der Waals surface area contributed by atoms with Gasteiger partial charge in [-0.2, -0.15) is 0 Å². The molecule has 0 radical (unpaired) electrons. The second kappa shape index (κ2) is 6.06. The Bertz CT molecular complexity index is 557. The number of rotatable bonds is 4. The number of hydrogen-bond donors (Lipinski definition) is 1. The molecule has 2 amide bonds. The predicted molar refractivity (Wildman–Crippen MR) is 80.8 cm³/mol. The fraction of sp³-hybridized carbons (Fsp3) is 0.500. The molecule has 1 unspecified atom stereocenters. The van der Waals surface area contributed by atoms with Crippen LogP contribution < -0.4 is 5.32 Å². The molecule has 1 N–H and O–H groups in total. The van der Waals surface area contributed by atoms with Crippen molar-refractivity contribution in [2.45, 2.75) is 38.3 Å². The molecule has 0 bridgehead atoms. The molecule has 1 aliphatic heterocycles. The number of nitrogens with zero attached hydrogens (tertiary/aromatic N) is 1. The lowest BCUT2D eigenvalue weighted by atomic mass is 9.92. The molecule has 1 atom stereocenters. The van der Waals surface area contributed by atoms with Crippen molar-refractivity contribution in [1.82, 2.24) is 10.2 Å². The number of hydrogen-bond acceptors (Lipinski definition) is 2. The summed E-state index contributed by atoms with van der Waals surface area (Å²) in [7, 11) is 0. The molecule has 0 aromatic heterocycles. The maximum atomic E-state index is 12.2. The summed E-state index contributed by atoms with van der Waals surface area (Å²) in [4.78, 5) is 26.1. The van der Waals surface area contributed by atoms with E-state index in [2.05, 4.69) is 5.32 Å². The topological polar surface area (TPSA) is 49.4 Å². The number of carbonyl (C=O) groups excluding carboxylic acids is 2. The van der Waals surface area contributed by atoms with E-state index in [9.17, 15) is 9.59 Å². The first-order chi connectivity index (χ1) is 10.1. The van der Waals surface area contributed by atoms with Crippen molar-refractivity contribution in [2.75, 3.05) is 6.54 Å². The van der Waals surface area contributed by atoms with E-state index < -0.39 is 0 Å². The normalized spacial score (nSPS) is 22.2. The van der Waals surface area contributed by atoms with Gasteiger partial charge in [-0.25, -0.2) is 0 Å². The fourth-order valence-corrected chi connectivity index (χ4v) is 3.13. The number of likely N-dealkylation sites (tertiary alicyclic amines) is 1. The van der Waals surface area contributed by atoms with Gasteiger partial charge in [-0.3, -0.25) is 9.59 Å². The van der Waals surface area contributed by atoms with Crippen molar-refractivity contribution < 1.29 is 9.59 Å². The molecule has 1 aromatic rings. The Hall–Kier alpha value is -1.55. The van der Waals surface area contributed by atoms with Crippen LogP contribution in [0.1, 0.15) is 31.2 Å². The summed E-state index contributed by atoms with van der Waals surface area (Å²) in [5, 5.41) is 3.54. The Balaban J connectivity index is 1.54. The van der Waals surface area contributed by atoms with Gasteiger partial charge in [0.1, 0.15) is 0 Å². The highest BCUT2D eigenvalue weighted by Gasteiger charge is 2.39. The summed E-state index contributed by atoms with van der Waals surface area (Å²) in [6.45, 7) is 0.977. The quantitative estimate of drug-likeness (QED) is 0.928. The van der Waals surface area contributed by atoms with E-state index in [1.54, 1.807) is 6.07 Å². The lowest BCUT2D eigenvalue weighted by Gasteiger charge is -2.34. The molecule has 5 heteroatoms. The third-order valence-electron chi connectivity index (χ3n) is 4.46. The van der Waals surface area contributed by atoms with Crippen LogP contribution in [0.2, 0.25) is 5.02 Å². The molecule has 1 saturated heterocycles. The summed E-state index contributed by atoms with van der Waals surface area (Å²) in [5.41, 5.74) is 0.896. The van der Waals surface area contributed by atoms with E-state index in [4.69, 9.17) is 11.6 Å². The Kier molecular flexibility index (Phi) is 4.15. The van der Waals surface area contributed by atoms with Crippen LogP contribution in [0, 0.1) is 5.92 Å². The van der Waals surface area contributed by atoms with Gasteiger partial charge in [0.15, 0.2) is 0 Å². The van der Waals surface area contributed by atoms with Crippen molar-refractivity contribution in [2.24, 2.45) is 5.92 Å². The van der Waals surface area contributed by atoms with Crippen LogP contribution in [0.15, 0.2) is 24.3 Å². The monoisotopic (exact) mass is 306 g/mol. The van der Waals surface area contributed by atoms with Gasteiger partial charge in [0.05, 0.1) is 5.92 Å². The van der Waals surface area contributed by atoms with Crippen LogP contribution in [0.5, 0.6) is 0 Å². The zero-order valence-electron chi connectivity index (χ0n) is 11.8. The molecular weight excluding hydrogens is 288 g/mol. The summed E-state index contributed by atoms with van der Waals surface area (Å²) in [5.74, 6) is -0.150. The molecule has 1 aromatic carbocycles. The molecule has 1 heterocycles. The van der Waals surface area contributed by atoms with E-state index in [0.717, 1.165) is 18.4 Å². The Morgan fingerprint density at radius 1 is 1.33 bits per heavy atom. The van der Waals surface area contributed by atoms with Crippen LogP contribution in [-0.2, 0) is 16.1 Å². The van der Waals surface area contributed by atoms with E-state index in [1.807, 2.05) is 23.1 Å². The van der Waals surface area contributed by atoms with Gasteiger partial charge in [0.25, 0.3) is 0 Å². The Morgan fingerprint density at radius 3 is 2.76 bits per heavy atom. The molecule has 2 fully saturated rings. The summed E-state index contributed by atoms with van der Waals surface area (Å²) < 4.78 is 0. The van der Waals surface area contributed by atoms with Crippen molar-refractivity contribution in [3.8, 4) is 0 Å². The van der Waals surface area contributed by atoms with Crippen LogP contribution in [-0.4, -0.2) is 29.3 Å². The molecule has 3 rings (SSSR count). The second-order valence-corrected chi connectivity index (χ2v) is 6.25. The highest BCUT2D eigenvalue weighted by Crippen LogP contribution is 2.30. The lowest BCUT2D eigenvalue weighted by molar-refractivity contribution is -0.131. The average molecular weight is 307 g/mol. The zero-order chi connectivity index (χ0) is 14.8. The van der Waals surface area contributed by atoms with Gasteiger partial charge in [0.2, 0.25) is 11.8 Å².